The van der Waals surface area contributed by atoms with Crippen molar-refractivity contribution in [1.82, 2.24) is 10.6 Å². The number of nitrogens with one attached hydrogen (secondary N) is 2. The van der Waals surface area contributed by atoms with E-state index in [2.05, 4.69) is 22.5 Å². The minimum Gasteiger partial charge on any atom is -0.382 e. The quantitative estimate of drug-likeness (QED) is 0.364. The van der Waals surface area contributed by atoms with E-state index in [1.807, 2.05) is 11.8 Å². The molecule has 118 valence electrons. The number of hydrogen-bond donors (Lipinski definition) is 2. The zero-order valence-electron chi connectivity index (χ0n) is 12.8. The fraction of sp³-hybridized carbons (Fsp3) is 0.929. The SMILES string of the molecule is CCNC(=NCC1CCCS1)NCCCOCCOC. The molecule has 1 atom stereocenters. The molecule has 0 saturated carbocycles. The average molecular weight is 303 g/mol. The Morgan fingerprint density at radius 3 is 2.90 bits per heavy atom. The van der Waals surface area contributed by atoms with E-state index in [1.165, 1.54) is 18.6 Å². The van der Waals surface area contributed by atoms with Crippen molar-refractivity contribution in [3.05, 3.63) is 0 Å². The van der Waals surface area contributed by atoms with Gasteiger partial charge in [-0.2, -0.15) is 11.8 Å². The summed E-state index contributed by atoms with van der Waals surface area (Å²) in [5.41, 5.74) is 0. The molecule has 5 nitrogen and oxygen atoms in total. The van der Waals surface area contributed by atoms with Crippen LogP contribution in [0.15, 0.2) is 4.99 Å². The van der Waals surface area contributed by atoms with Crippen molar-refractivity contribution >= 4 is 17.7 Å². The maximum atomic E-state index is 5.43. The number of hydrogen-bond acceptors (Lipinski definition) is 4. The molecule has 0 amide bonds. The summed E-state index contributed by atoms with van der Waals surface area (Å²) < 4.78 is 10.4. The van der Waals surface area contributed by atoms with Crippen LogP contribution in [0.25, 0.3) is 0 Å². The Labute approximate surface area is 127 Å². The summed E-state index contributed by atoms with van der Waals surface area (Å²) in [6.45, 7) is 6.89. The average Bonchev–Trinajstić information content (AvgIpc) is 2.97. The molecule has 0 aromatic heterocycles. The third kappa shape index (κ3) is 8.66. The Morgan fingerprint density at radius 2 is 2.20 bits per heavy atom. The van der Waals surface area contributed by atoms with E-state index >= 15 is 0 Å². The van der Waals surface area contributed by atoms with Crippen LogP contribution in [0.3, 0.4) is 0 Å². The highest BCUT2D eigenvalue weighted by Gasteiger charge is 2.14. The van der Waals surface area contributed by atoms with Gasteiger partial charge in [-0.25, -0.2) is 0 Å². The summed E-state index contributed by atoms with van der Waals surface area (Å²) in [6, 6.07) is 0. The molecule has 6 heteroatoms. The van der Waals surface area contributed by atoms with Gasteiger partial charge in [0, 0.05) is 32.1 Å². The molecule has 0 aliphatic carbocycles. The molecule has 1 saturated heterocycles. The molecule has 2 N–H and O–H groups in total. The molecule has 0 bridgehead atoms. The number of guanidine groups is 1. The highest BCUT2D eigenvalue weighted by molar-refractivity contribution is 8.00. The molecule has 1 unspecified atom stereocenters. The molecule has 1 heterocycles. The van der Waals surface area contributed by atoms with Gasteiger partial charge in [-0.3, -0.25) is 4.99 Å². The summed E-state index contributed by atoms with van der Waals surface area (Å²) in [6.07, 6.45) is 3.63. The van der Waals surface area contributed by atoms with Gasteiger partial charge in [0.15, 0.2) is 5.96 Å². The van der Waals surface area contributed by atoms with Crippen LogP contribution in [0.2, 0.25) is 0 Å². The first-order valence-electron chi connectivity index (χ1n) is 7.57. The Hall–Kier alpha value is -0.460. The molecule has 0 aromatic carbocycles. The van der Waals surface area contributed by atoms with Crippen molar-refractivity contribution in [2.75, 3.05) is 52.3 Å². The van der Waals surface area contributed by atoms with Crippen molar-refractivity contribution < 1.29 is 9.47 Å². The van der Waals surface area contributed by atoms with E-state index in [0.717, 1.165) is 38.6 Å². The fourth-order valence-corrected chi connectivity index (χ4v) is 3.13. The minimum absolute atomic E-state index is 0.663. The number of methoxy groups -OCH3 is 1. The molecule has 1 fully saturated rings. The number of nitrogens with zero attached hydrogens (tertiary/aromatic N) is 1. The Kier molecular flexibility index (Phi) is 10.8. The Balaban J connectivity index is 2.09. The third-order valence-electron chi connectivity index (χ3n) is 3.01. The van der Waals surface area contributed by atoms with Gasteiger partial charge in [0.2, 0.25) is 0 Å². The molecule has 1 rings (SSSR count). The lowest BCUT2D eigenvalue weighted by Crippen LogP contribution is -2.38. The first-order chi connectivity index (χ1) is 9.86. The molecular formula is C14H29N3O2S. The predicted molar refractivity (Wildman–Crippen MR) is 86.8 cm³/mol. The first kappa shape index (κ1) is 17.6. The zero-order chi connectivity index (χ0) is 14.5. The smallest absolute Gasteiger partial charge is 0.191 e. The van der Waals surface area contributed by atoms with E-state index in [0.29, 0.717) is 18.5 Å². The molecule has 20 heavy (non-hydrogen) atoms. The lowest BCUT2D eigenvalue weighted by molar-refractivity contribution is 0.0698. The summed E-state index contributed by atoms with van der Waals surface area (Å²) in [7, 11) is 1.69. The van der Waals surface area contributed by atoms with Crippen LogP contribution in [0.5, 0.6) is 0 Å². The second-order valence-electron chi connectivity index (χ2n) is 4.74. The van der Waals surface area contributed by atoms with Gasteiger partial charge in [-0.05, 0) is 31.9 Å². The Morgan fingerprint density at radius 1 is 1.30 bits per heavy atom. The topological polar surface area (TPSA) is 54.9 Å². The molecule has 0 aromatic rings. The van der Waals surface area contributed by atoms with Gasteiger partial charge in [0.05, 0.1) is 19.8 Å². The van der Waals surface area contributed by atoms with E-state index < -0.39 is 0 Å². The van der Waals surface area contributed by atoms with Crippen molar-refractivity contribution in [3.63, 3.8) is 0 Å². The van der Waals surface area contributed by atoms with Gasteiger partial charge < -0.3 is 20.1 Å². The summed E-state index contributed by atoms with van der Waals surface area (Å²) in [4.78, 5) is 4.66. The monoisotopic (exact) mass is 303 g/mol. The van der Waals surface area contributed by atoms with Gasteiger partial charge in [-0.15, -0.1) is 0 Å². The van der Waals surface area contributed by atoms with Crippen LogP contribution in [0.1, 0.15) is 26.2 Å². The minimum atomic E-state index is 0.663. The molecule has 0 spiro atoms. The van der Waals surface area contributed by atoms with Crippen molar-refractivity contribution in [2.45, 2.75) is 31.4 Å². The molecule has 1 aliphatic heterocycles. The van der Waals surface area contributed by atoms with Crippen molar-refractivity contribution in [3.8, 4) is 0 Å². The number of rotatable bonds is 10. The van der Waals surface area contributed by atoms with E-state index in [-0.39, 0.29) is 0 Å². The van der Waals surface area contributed by atoms with Crippen molar-refractivity contribution in [1.29, 1.82) is 0 Å². The number of ether oxygens (including phenoxy) is 2. The maximum absolute atomic E-state index is 5.43. The van der Waals surface area contributed by atoms with Crippen molar-refractivity contribution in [2.24, 2.45) is 4.99 Å². The Bertz CT molecular complexity index is 259. The standard InChI is InChI=1S/C14H29N3O2S/c1-3-15-14(17-12-13-6-4-11-20-13)16-7-5-8-19-10-9-18-2/h13H,3-12H2,1-2H3,(H2,15,16,17). The molecular weight excluding hydrogens is 274 g/mol. The van der Waals surface area contributed by atoms with Crippen LogP contribution in [-0.2, 0) is 9.47 Å². The zero-order valence-corrected chi connectivity index (χ0v) is 13.6. The summed E-state index contributed by atoms with van der Waals surface area (Å²) in [5, 5.41) is 7.35. The van der Waals surface area contributed by atoms with E-state index in [4.69, 9.17) is 9.47 Å². The van der Waals surface area contributed by atoms with E-state index in [9.17, 15) is 0 Å². The van der Waals surface area contributed by atoms with Crippen LogP contribution in [0.4, 0.5) is 0 Å². The second-order valence-corrected chi connectivity index (χ2v) is 6.15. The molecule has 0 radical (unpaired) electrons. The predicted octanol–water partition coefficient (Wildman–Crippen LogP) is 1.49. The number of aliphatic imine (C=N–C) groups is 1. The molecule has 1 aliphatic rings. The van der Waals surface area contributed by atoms with Gasteiger partial charge in [-0.1, -0.05) is 0 Å². The highest BCUT2D eigenvalue weighted by Crippen LogP contribution is 2.25. The lowest BCUT2D eigenvalue weighted by atomic mass is 10.2. The normalized spacial score (nSPS) is 19.3. The third-order valence-corrected chi connectivity index (χ3v) is 4.39. The van der Waals surface area contributed by atoms with Gasteiger partial charge in [0.1, 0.15) is 0 Å². The first-order valence-corrected chi connectivity index (χ1v) is 8.62. The van der Waals surface area contributed by atoms with E-state index in [1.54, 1.807) is 7.11 Å². The lowest BCUT2D eigenvalue weighted by Gasteiger charge is -2.12. The van der Waals surface area contributed by atoms with Gasteiger partial charge in [0.25, 0.3) is 0 Å². The van der Waals surface area contributed by atoms with Crippen LogP contribution >= 0.6 is 11.8 Å². The number of thioether (sulfide) groups is 1. The summed E-state index contributed by atoms with van der Waals surface area (Å²) in [5.74, 6) is 2.22. The largest absolute Gasteiger partial charge is 0.382 e. The highest BCUT2D eigenvalue weighted by atomic mass is 32.2. The van der Waals surface area contributed by atoms with Crippen LogP contribution < -0.4 is 10.6 Å². The van der Waals surface area contributed by atoms with Gasteiger partial charge >= 0.3 is 0 Å². The van der Waals surface area contributed by atoms with Crippen LogP contribution in [-0.4, -0.2) is 63.5 Å². The summed E-state index contributed by atoms with van der Waals surface area (Å²) >= 11 is 2.05. The van der Waals surface area contributed by atoms with Crippen LogP contribution in [0, 0.1) is 0 Å². The second kappa shape index (κ2) is 12.3. The maximum Gasteiger partial charge on any atom is 0.191 e. The fourth-order valence-electron chi connectivity index (χ4n) is 1.95.